The lowest BCUT2D eigenvalue weighted by Gasteiger charge is -2.18. The zero-order valence-electron chi connectivity index (χ0n) is 11.5. The largest absolute Gasteiger partial charge is 0.271 e. The molecule has 0 aliphatic rings. The van der Waals surface area contributed by atoms with Crippen LogP contribution in [-0.2, 0) is 6.42 Å². The second-order valence-corrected chi connectivity index (χ2v) is 5.34. The second kappa shape index (κ2) is 6.22. The molecule has 0 bridgehead atoms. The SMILES string of the molecule is NNC(Cc1ccnc2ccccc12)c1ccccc1Cl. The fraction of sp³-hybridized carbons (Fsp3) is 0.118. The Balaban J connectivity index is 1.98. The molecule has 3 rings (SSSR count). The van der Waals surface area contributed by atoms with Crippen LogP contribution in [0.5, 0.6) is 0 Å². The van der Waals surface area contributed by atoms with Gasteiger partial charge in [-0.15, -0.1) is 0 Å². The molecule has 2 aromatic carbocycles. The van der Waals surface area contributed by atoms with Crippen molar-refractivity contribution in [3.8, 4) is 0 Å². The van der Waals surface area contributed by atoms with Crippen LogP contribution in [0.3, 0.4) is 0 Å². The zero-order chi connectivity index (χ0) is 14.7. The van der Waals surface area contributed by atoms with Crippen molar-refractivity contribution in [3.63, 3.8) is 0 Å². The molecule has 0 aliphatic carbocycles. The number of nitrogens with two attached hydrogens (primary N) is 1. The van der Waals surface area contributed by atoms with E-state index in [-0.39, 0.29) is 6.04 Å². The van der Waals surface area contributed by atoms with E-state index in [4.69, 9.17) is 17.4 Å². The molecule has 1 aromatic heterocycles. The van der Waals surface area contributed by atoms with Gasteiger partial charge in [0.15, 0.2) is 0 Å². The predicted molar refractivity (Wildman–Crippen MR) is 87.0 cm³/mol. The first-order valence-electron chi connectivity index (χ1n) is 6.83. The zero-order valence-corrected chi connectivity index (χ0v) is 12.2. The lowest BCUT2D eigenvalue weighted by atomic mass is 9.97. The maximum absolute atomic E-state index is 6.27. The number of pyridine rings is 1. The van der Waals surface area contributed by atoms with Crippen LogP contribution in [0.1, 0.15) is 17.2 Å². The molecule has 0 saturated carbocycles. The summed E-state index contributed by atoms with van der Waals surface area (Å²) in [4.78, 5) is 4.39. The summed E-state index contributed by atoms with van der Waals surface area (Å²) in [5.74, 6) is 5.74. The van der Waals surface area contributed by atoms with E-state index in [9.17, 15) is 0 Å². The van der Waals surface area contributed by atoms with Gasteiger partial charge < -0.3 is 0 Å². The standard InChI is InChI=1S/C17H16ClN3/c18-15-7-3-1-6-14(15)17(21-19)11-12-9-10-20-16-8-4-2-5-13(12)16/h1-10,17,21H,11,19H2. The number of hydrogen-bond acceptors (Lipinski definition) is 3. The molecule has 0 radical (unpaired) electrons. The van der Waals surface area contributed by atoms with E-state index in [0.717, 1.165) is 27.9 Å². The van der Waals surface area contributed by atoms with Gasteiger partial charge in [-0.1, -0.05) is 48.0 Å². The van der Waals surface area contributed by atoms with Crippen LogP contribution in [0.25, 0.3) is 10.9 Å². The molecule has 0 saturated heterocycles. The van der Waals surface area contributed by atoms with Crippen LogP contribution in [0.2, 0.25) is 5.02 Å². The van der Waals surface area contributed by atoms with E-state index in [1.165, 1.54) is 5.56 Å². The van der Waals surface area contributed by atoms with Gasteiger partial charge in [-0.25, -0.2) is 0 Å². The van der Waals surface area contributed by atoms with Gasteiger partial charge in [-0.2, -0.15) is 0 Å². The molecule has 0 amide bonds. The Morgan fingerprint density at radius 1 is 1.05 bits per heavy atom. The molecule has 0 fully saturated rings. The number of para-hydroxylation sites is 1. The molecule has 0 aliphatic heterocycles. The highest BCUT2D eigenvalue weighted by Crippen LogP contribution is 2.27. The Morgan fingerprint density at radius 3 is 2.62 bits per heavy atom. The molecule has 21 heavy (non-hydrogen) atoms. The minimum Gasteiger partial charge on any atom is -0.271 e. The quantitative estimate of drug-likeness (QED) is 0.571. The van der Waals surface area contributed by atoms with Crippen molar-refractivity contribution in [2.24, 2.45) is 5.84 Å². The molecular weight excluding hydrogens is 282 g/mol. The third-order valence-electron chi connectivity index (χ3n) is 3.65. The van der Waals surface area contributed by atoms with Gasteiger partial charge >= 0.3 is 0 Å². The number of nitrogens with zero attached hydrogens (tertiary/aromatic N) is 1. The van der Waals surface area contributed by atoms with E-state index in [1.54, 1.807) is 0 Å². The van der Waals surface area contributed by atoms with Crippen molar-refractivity contribution in [2.45, 2.75) is 12.5 Å². The summed E-state index contributed by atoms with van der Waals surface area (Å²) in [6, 6.07) is 17.9. The Morgan fingerprint density at radius 2 is 1.81 bits per heavy atom. The number of rotatable bonds is 4. The summed E-state index contributed by atoms with van der Waals surface area (Å²) in [5, 5.41) is 1.87. The van der Waals surface area contributed by atoms with Crippen molar-refractivity contribution < 1.29 is 0 Å². The molecule has 3 aromatic rings. The Bertz CT molecular complexity index is 752. The lowest BCUT2D eigenvalue weighted by Crippen LogP contribution is -2.29. The minimum atomic E-state index is -0.0375. The predicted octanol–water partition coefficient (Wildman–Crippen LogP) is 3.64. The van der Waals surface area contributed by atoms with Gasteiger partial charge in [0.05, 0.1) is 11.6 Å². The average molecular weight is 298 g/mol. The summed E-state index contributed by atoms with van der Waals surface area (Å²) in [7, 11) is 0. The first kappa shape index (κ1) is 14.0. The molecular formula is C17H16ClN3. The second-order valence-electron chi connectivity index (χ2n) is 4.93. The smallest absolute Gasteiger partial charge is 0.0704 e. The normalized spacial score (nSPS) is 12.5. The number of hydrogen-bond donors (Lipinski definition) is 2. The molecule has 3 nitrogen and oxygen atoms in total. The van der Waals surface area contributed by atoms with Crippen LogP contribution >= 0.6 is 11.6 Å². The van der Waals surface area contributed by atoms with Crippen molar-refractivity contribution in [1.29, 1.82) is 0 Å². The highest BCUT2D eigenvalue weighted by molar-refractivity contribution is 6.31. The van der Waals surface area contributed by atoms with Crippen LogP contribution in [0, 0.1) is 0 Å². The average Bonchev–Trinajstić information content (AvgIpc) is 2.53. The molecule has 3 N–H and O–H groups in total. The van der Waals surface area contributed by atoms with E-state index >= 15 is 0 Å². The van der Waals surface area contributed by atoms with E-state index in [0.29, 0.717) is 0 Å². The summed E-state index contributed by atoms with van der Waals surface area (Å²) in [6.45, 7) is 0. The fourth-order valence-electron chi connectivity index (χ4n) is 2.57. The number of benzene rings is 2. The Labute approximate surface area is 128 Å². The molecule has 1 unspecified atom stereocenters. The van der Waals surface area contributed by atoms with Gasteiger partial charge in [0.1, 0.15) is 0 Å². The summed E-state index contributed by atoms with van der Waals surface area (Å²) >= 11 is 6.27. The first-order chi connectivity index (χ1) is 10.3. The third kappa shape index (κ3) is 2.90. The van der Waals surface area contributed by atoms with Crippen LogP contribution < -0.4 is 11.3 Å². The molecule has 106 valence electrons. The fourth-order valence-corrected chi connectivity index (χ4v) is 2.84. The number of aromatic nitrogens is 1. The first-order valence-corrected chi connectivity index (χ1v) is 7.20. The Kier molecular flexibility index (Phi) is 4.15. The number of nitrogens with one attached hydrogen (secondary N) is 1. The highest BCUT2D eigenvalue weighted by atomic mass is 35.5. The van der Waals surface area contributed by atoms with E-state index in [2.05, 4.69) is 16.5 Å². The van der Waals surface area contributed by atoms with E-state index in [1.807, 2.05) is 54.7 Å². The van der Waals surface area contributed by atoms with Gasteiger partial charge in [0, 0.05) is 16.6 Å². The lowest BCUT2D eigenvalue weighted by molar-refractivity contribution is 0.553. The molecule has 1 heterocycles. The van der Waals surface area contributed by atoms with Gasteiger partial charge in [-0.3, -0.25) is 16.3 Å². The highest BCUT2D eigenvalue weighted by Gasteiger charge is 2.15. The summed E-state index contributed by atoms with van der Waals surface area (Å²) in [6.07, 6.45) is 2.58. The number of fused-ring (bicyclic) bond motifs is 1. The van der Waals surface area contributed by atoms with Gasteiger partial charge in [0.25, 0.3) is 0 Å². The minimum absolute atomic E-state index is 0.0375. The maximum atomic E-state index is 6.27. The van der Waals surface area contributed by atoms with Crippen LogP contribution in [0.15, 0.2) is 60.8 Å². The third-order valence-corrected chi connectivity index (χ3v) is 3.99. The van der Waals surface area contributed by atoms with Crippen LogP contribution in [-0.4, -0.2) is 4.98 Å². The topological polar surface area (TPSA) is 50.9 Å². The van der Waals surface area contributed by atoms with Gasteiger partial charge in [0.2, 0.25) is 0 Å². The van der Waals surface area contributed by atoms with Crippen molar-refractivity contribution in [1.82, 2.24) is 10.4 Å². The van der Waals surface area contributed by atoms with E-state index < -0.39 is 0 Å². The Hall–Kier alpha value is -1.94. The van der Waals surface area contributed by atoms with Crippen molar-refractivity contribution in [2.75, 3.05) is 0 Å². The molecule has 4 heteroatoms. The monoisotopic (exact) mass is 297 g/mol. The summed E-state index contributed by atoms with van der Waals surface area (Å²) in [5.41, 5.74) is 6.06. The maximum Gasteiger partial charge on any atom is 0.0704 e. The van der Waals surface area contributed by atoms with Crippen molar-refractivity contribution in [3.05, 3.63) is 76.9 Å². The van der Waals surface area contributed by atoms with Crippen LogP contribution in [0.4, 0.5) is 0 Å². The number of halogens is 1. The molecule has 1 atom stereocenters. The molecule has 0 spiro atoms. The summed E-state index contributed by atoms with van der Waals surface area (Å²) < 4.78 is 0. The number of hydrazine groups is 1. The van der Waals surface area contributed by atoms with Crippen molar-refractivity contribution >= 4 is 22.5 Å². The van der Waals surface area contributed by atoms with Gasteiger partial charge in [-0.05, 0) is 35.7 Å².